The van der Waals surface area contributed by atoms with Gasteiger partial charge in [0.1, 0.15) is 0 Å². The first kappa shape index (κ1) is 21.1. The van der Waals surface area contributed by atoms with Crippen molar-refractivity contribution >= 4 is 6.47 Å². The Morgan fingerprint density at radius 2 is 1.52 bits per heavy atom. The maximum atomic E-state index is 9.92. The number of hydrogen-bond donors (Lipinski definition) is 1. The quantitative estimate of drug-likeness (QED) is 0.219. The van der Waals surface area contributed by atoms with E-state index in [0.717, 1.165) is 38.5 Å². The van der Waals surface area contributed by atoms with E-state index in [9.17, 15) is 9.90 Å². The minimum absolute atomic E-state index is 0.334. The first-order valence-corrected chi connectivity index (χ1v) is 8.32. The third kappa shape index (κ3) is 18.1. The Hall–Kier alpha value is -1.87. The van der Waals surface area contributed by atoms with Crippen LogP contribution in [-0.2, 0) is 9.53 Å². The number of aliphatic hydroxyl groups is 1. The fourth-order valence-corrected chi connectivity index (χ4v) is 1.65. The Balaban J connectivity index is 3.51. The van der Waals surface area contributed by atoms with E-state index in [1.165, 1.54) is 0 Å². The van der Waals surface area contributed by atoms with Crippen molar-refractivity contribution in [2.75, 3.05) is 6.61 Å². The molecule has 0 radical (unpaired) electrons. The molecule has 0 aliphatic heterocycles. The highest BCUT2D eigenvalue weighted by Crippen LogP contribution is 1.97. The van der Waals surface area contributed by atoms with Gasteiger partial charge in [0.2, 0.25) is 0 Å². The molecule has 0 aromatic carbocycles. The predicted octanol–water partition coefficient (Wildman–Crippen LogP) is 4.66. The highest BCUT2D eigenvalue weighted by atomic mass is 16.5. The number of hydrogen-bond acceptors (Lipinski definition) is 3. The molecule has 0 saturated heterocycles. The molecule has 1 atom stereocenters. The summed E-state index contributed by atoms with van der Waals surface area (Å²) in [7, 11) is 0. The number of aliphatic hydroxyl groups excluding tert-OH is 1. The van der Waals surface area contributed by atoms with Crippen LogP contribution in [0.3, 0.4) is 0 Å². The van der Waals surface area contributed by atoms with Gasteiger partial charge in [-0.05, 0) is 38.5 Å². The van der Waals surface area contributed by atoms with Crippen LogP contribution in [0.1, 0.15) is 45.4 Å². The zero-order valence-electron chi connectivity index (χ0n) is 14.1. The second kappa shape index (κ2) is 18.2. The third-order valence-electron chi connectivity index (χ3n) is 3.02. The zero-order chi connectivity index (χ0) is 17.0. The fourth-order valence-electron chi connectivity index (χ4n) is 1.65. The van der Waals surface area contributed by atoms with Gasteiger partial charge in [0.15, 0.2) is 0 Å². The lowest BCUT2D eigenvalue weighted by atomic mass is 10.2. The van der Waals surface area contributed by atoms with Crippen LogP contribution in [-0.4, -0.2) is 24.3 Å². The van der Waals surface area contributed by atoms with Crippen LogP contribution in [0.25, 0.3) is 0 Å². The average Bonchev–Trinajstić information content (AvgIpc) is 2.57. The summed E-state index contributed by atoms with van der Waals surface area (Å²) in [5.41, 5.74) is 0. The lowest BCUT2D eigenvalue weighted by molar-refractivity contribution is -0.128. The molecule has 0 heterocycles. The fraction of sp³-hybridized carbons (Fsp3) is 0.450. The Labute approximate surface area is 140 Å². The molecule has 0 rings (SSSR count). The van der Waals surface area contributed by atoms with Gasteiger partial charge in [-0.25, -0.2) is 0 Å². The van der Waals surface area contributed by atoms with Crippen LogP contribution >= 0.6 is 0 Å². The van der Waals surface area contributed by atoms with Gasteiger partial charge < -0.3 is 9.84 Å². The molecule has 0 saturated carbocycles. The summed E-state index contributed by atoms with van der Waals surface area (Å²) in [6.07, 6.45) is 25.5. The summed E-state index contributed by atoms with van der Waals surface area (Å²) in [4.78, 5) is 9.92. The minimum Gasteiger partial charge on any atom is -0.468 e. The lowest BCUT2D eigenvalue weighted by Crippen LogP contribution is -1.97. The number of carbonyl (C=O) groups excluding carboxylic acids is 1. The predicted molar refractivity (Wildman–Crippen MR) is 97.1 cm³/mol. The first-order chi connectivity index (χ1) is 11.3. The van der Waals surface area contributed by atoms with Crippen LogP contribution < -0.4 is 0 Å². The van der Waals surface area contributed by atoms with Crippen molar-refractivity contribution in [1.29, 1.82) is 0 Å². The van der Waals surface area contributed by atoms with Crippen molar-refractivity contribution in [3.8, 4) is 0 Å². The van der Waals surface area contributed by atoms with E-state index < -0.39 is 0 Å². The van der Waals surface area contributed by atoms with Crippen LogP contribution in [0.2, 0.25) is 0 Å². The standard InChI is InChI=1S/C20H30O3/c1-2-20(22)17-15-13-11-9-7-5-3-4-6-8-10-12-14-16-18-23-19-21/h4-7,10-13,15,17,19-20,22H,2-3,8-9,14,16,18H2,1H3/b6-4-,7-5-,12-10-,13-11-,17-15+. The molecule has 0 bridgehead atoms. The summed E-state index contributed by atoms with van der Waals surface area (Å²) in [5, 5.41) is 9.32. The first-order valence-electron chi connectivity index (χ1n) is 8.32. The lowest BCUT2D eigenvalue weighted by Gasteiger charge is -1.95. The zero-order valence-corrected chi connectivity index (χ0v) is 14.1. The molecule has 128 valence electrons. The third-order valence-corrected chi connectivity index (χ3v) is 3.02. The Bertz CT molecular complexity index is 403. The largest absolute Gasteiger partial charge is 0.468 e. The second-order valence-corrected chi connectivity index (χ2v) is 5.02. The van der Waals surface area contributed by atoms with E-state index in [1.54, 1.807) is 6.08 Å². The monoisotopic (exact) mass is 318 g/mol. The van der Waals surface area contributed by atoms with E-state index in [2.05, 4.69) is 47.3 Å². The number of allylic oxidation sites excluding steroid dienone is 9. The molecule has 3 nitrogen and oxygen atoms in total. The summed E-state index contributed by atoms with van der Waals surface area (Å²) in [6, 6.07) is 0. The average molecular weight is 318 g/mol. The summed E-state index contributed by atoms with van der Waals surface area (Å²) < 4.78 is 4.61. The van der Waals surface area contributed by atoms with Crippen LogP contribution in [0, 0.1) is 0 Å². The molecule has 0 spiro atoms. The number of ether oxygens (including phenoxy) is 1. The molecular weight excluding hydrogens is 288 g/mol. The SMILES string of the molecule is CCC(O)/C=C/C=C\C/C=C\C/C=C\C/C=C\CCCOC=O. The molecular formula is C20H30O3. The van der Waals surface area contributed by atoms with Crippen LogP contribution in [0.4, 0.5) is 0 Å². The number of carbonyl (C=O) groups is 1. The molecule has 1 N–H and O–H groups in total. The molecule has 0 aliphatic rings. The molecule has 3 heteroatoms. The van der Waals surface area contributed by atoms with Crippen LogP contribution in [0.15, 0.2) is 60.8 Å². The topological polar surface area (TPSA) is 46.5 Å². The van der Waals surface area contributed by atoms with E-state index in [1.807, 2.05) is 19.1 Å². The number of unbranched alkanes of at least 4 members (excludes halogenated alkanes) is 1. The Kier molecular flexibility index (Phi) is 16.7. The molecule has 0 fully saturated rings. The number of rotatable bonds is 14. The maximum Gasteiger partial charge on any atom is 0.293 e. The molecule has 0 amide bonds. The molecule has 1 unspecified atom stereocenters. The van der Waals surface area contributed by atoms with Gasteiger partial charge in [0.05, 0.1) is 12.7 Å². The van der Waals surface area contributed by atoms with Crippen molar-refractivity contribution in [2.24, 2.45) is 0 Å². The van der Waals surface area contributed by atoms with Gasteiger partial charge in [0, 0.05) is 0 Å². The van der Waals surface area contributed by atoms with Crippen molar-refractivity contribution in [2.45, 2.75) is 51.6 Å². The maximum absolute atomic E-state index is 9.92. The summed E-state index contributed by atoms with van der Waals surface area (Å²) >= 11 is 0. The van der Waals surface area contributed by atoms with Gasteiger partial charge >= 0.3 is 0 Å². The summed E-state index contributed by atoms with van der Waals surface area (Å²) in [6.45, 7) is 2.94. The second-order valence-electron chi connectivity index (χ2n) is 5.02. The van der Waals surface area contributed by atoms with Gasteiger partial charge in [0.25, 0.3) is 6.47 Å². The van der Waals surface area contributed by atoms with Gasteiger partial charge in [-0.2, -0.15) is 0 Å². The molecule has 23 heavy (non-hydrogen) atoms. The van der Waals surface area contributed by atoms with Gasteiger partial charge in [-0.1, -0.05) is 67.7 Å². The Morgan fingerprint density at radius 1 is 0.913 bits per heavy atom. The molecule has 0 aliphatic carbocycles. The molecule has 0 aromatic rings. The van der Waals surface area contributed by atoms with E-state index >= 15 is 0 Å². The molecule has 0 aromatic heterocycles. The Morgan fingerprint density at radius 3 is 2.13 bits per heavy atom. The van der Waals surface area contributed by atoms with Gasteiger partial charge in [-0.3, -0.25) is 4.79 Å². The normalized spacial score (nSPS) is 14.0. The van der Waals surface area contributed by atoms with Crippen molar-refractivity contribution < 1.29 is 14.6 Å². The van der Waals surface area contributed by atoms with Crippen molar-refractivity contribution in [3.63, 3.8) is 0 Å². The smallest absolute Gasteiger partial charge is 0.293 e. The highest BCUT2D eigenvalue weighted by Gasteiger charge is 1.88. The van der Waals surface area contributed by atoms with E-state index in [0.29, 0.717) is 13.1 Å². The van der Waals surface area contributed by atoms with Gasteiger partial charge in [-0.15, -0.1) is 0 Å². The van der Waals surface area contributed by atoms with E-state index in [4.69, 9.17) is 0 Å². The van der Waals surface area contributed by atoms with Crippen LogP contribution in [0.5, 0.6) is 0 Å². The minimum atomic E-state index is -0.334. The highest BCUT2D eigenvalue weighted by molar-refractivity contribution is 5.36. The van der Waals surface area contributed by atoms with Crippen molar-refractivity contribution in [3.05, 3.63) is 60.8 Å². The summed E-state index contributed by atoms with van der Waals surface area (Å²) in [5.74, 6) is 0. The van der Waals surface area contributed by atoms with E-state index in [-0.39, 0.29) is 6.10 Å². The van der Waals surface area contributed by atoms with Crippen molar-refractivity contribution in [1.82, 2.24) is 0 Å².